The molecule has 120 valence electrons. The Morgan fingerprint density at radius 1 is 1.36 bits per heavy atom. The summed E-state index contributed by atoms with van der Waals surface area (Å²) in [6, 6.07) is 0. The van der Waals surface area contributed by atoms with Gasteiger partial charge in [-0.15, -0.1) is 13.2 Å². The molecule has 5 nitrogen and oxygen atoms in total. The van der Waals surface area contributed by atoms with E-state index in [1.807, 2.05) is 10.9 Å². The number of carboxylic acid groups (broad SMARTS) is 1. The van der Waals surface area contributed by atoms with Crippen molar-refractivity contribution in [2.24, 2.45) is 5.41 Å². The summed E-state index contributed by atoms with van der Waals surface area (Å²) >= 11 is 0. The van der Waals surface area contributed by atoms with E-state index < -0.39 is 23.9 Å². The Hall–Kier alpha value is -1.57. The Kier molecular flexibility index (Phi) is 2.58. The first-order chi connectivity index (χ1) is 10.2. The zero-order valence-electron chi connectivity index (χ0n) is 11.6. The highest BCUT2D eigenvalue weighted by molar-refractivity contribution is 5.79. The fourth-order valence-electron chi connectivity index (χ4n) is 4.13. The van der Waals surface area contributed by atoms with Gasteiger partial charge in [-0.05, 0) is 43.6 Å². The van der Waals surface area contributed by atoms with Crippen molar-refractivity contribution in [2.75, 3.05) is 0 Å². The Morgan fingerprint density at radius 2 is 2.00 bits per heavy atom. The number of aliphatic carboxylic acids is 1. The number of rotatable bonds is 4. The van der Waals surface area contributed by atoms with E-state index in [1.54, 1.807) is 6.20 Å². The lowest BCUT2D eigenvalue weighted by molar-refractivity contribution is -0.351. The molecule has 0 saturated heterocycles. The molecule has 1 aromatic heterocycles. The first-order valence-electron chi connectivity index (χ1n) is 7.24. The van der Waals surface area contributed by atoms with E-state index in [4.69, 9.17) is 5.11 Å². The van der Waals surface area contributed by atoms with Crippen LogP contribution in [0.1, 0.15) is 43.6 Å². The van der Waals surface area contributed by atoms with Crippen LogP contribution in [0.25, 0.3) is 0 Å². The van der Waals surface area contributed by atoms with Crippen LogP contribution in [-0.4, -0.2) is 33.3 Å². The number of ether oxygens (including phenoxy) is 1. The minimum atomic E-state index is -4.57. The average molecular weight is 316 g/mol. The maximum atomic E-state index is 12.1. The molecule has 4 saturated carbocycles. The molecule has 1 aromatic rings. The Labute approximate surface area is 124 Å². The maximum absolute atomic E-state index is 12.1. The van der Waals surface area contributed by atoms with Gasteiger partial charge in [0.1, 0.15) is 0 Å². The van der Waals surface area contributed by atoms with Crippen molar-refractivity contribution in [1.29, 1.82) is 0 Å². The minimum absolute atomic E-state index is 0.0434. The van der Waals surface area contributed by atoms with Crippen molar-refractivity contribution in [3.8, 4) is 0 Å². The van der Waals surface area contributed by atoms with E-state index >= 15 is 0 Å². The molecule has 5 rings (SSSR count). The summed E-state index contributed by atoms with van der Waals surface area (Å²) in [6.07, 6.45) is 0.689. The molecule has 22 heavy (non-hydrogen) atoms. The highest BCUT2D eigenvalue weighted by atomic mass is 19.4. The van der Waals surface area contributed by atoms with Gasteiger partial charge in [0.2, 0.25) is 0 Å². The molecular formula is C14H15F3N2O3. The standard InChI is InChI=1S/C14H15F3N2O3/c15-14(16,17)22-10-1-8(2-10)9-3-18-19(4-9)13-5-12(6-13,7-13)11(20)21/h3-4,8,10H,1-2,5-7H2,(H,20,21). The number of aromatic nitrogens is 2. The van der Waals surface area contributed by atoms with Gasteiger partial charge in [-0.25, -0.2) is 0 Å². The molecule has 0 radical (unpaired) electrons. The van der Waals surface area contributed by atoms with Crippen LogP contribution in [0, 0.1) is 5.41 Å². The maximum Gasteiger partial charge on any atom is 0.522 e. The number of carbonyl (C=O) groups is 1. The number of alkyl halides is 3. The lowest BCUT2D eigenvalue weighted by atomic mass is 9.39. The highest BCUT2D eigenvalue weighted by Gasteiger charge is 2.73. The molecule has 0 aromatic carbocycles. The van der Waals surface area contributed by atoms with E-state index in [0.717, 1.165) is 5.56 Å². The smallest absolute Gasteiger partial charge is 0.481 e. The molecule has 0 atom stereocenters. The van der Waals surface area contributed by atoms with Crippen molar-refractivity contribution in [3.05, 3.63) is 18.0 Å². The molecule has 0 amide bonds. The average Bonchev–Trinajstić information content (AvgIpc) is 2.66. The topological polar surface area (TPSA) is 64.3 Å². The van der Waals surface area contributed by atoms with Crippen molar-refractivity contribution < 1.29 is 27.8 Å². The molecule has 2 bridgehead atoms. The third kappa shape index (κ3) is 1.89. The number of nitrogens with zero attached hydrogens (tertiary/aromatic N) is 2. The third-order valence-corrected chi connectivity index (χ3v) is 5.41. The van der Waals surface area contributed by atoms with Gasteiger partial charge in [0.25, 0.3) is 0 Å². The van der Waals surface area contributed by atoms with E-state index in [9.17, 15) is 18.0 Å². The van der Waals surface area contributed by atoms with E-state index in [1.165, 1.54) is 0 Å². The third-order valence-electron chi connectivity index (χ3n) is 5.41. The summed E-state index contributed by atoms with van der Waals surface area (Å²) in [7, 11) is 0. The van der Waals surface area contributed by atoms with Crippen LogP contribution in [0.15, 0.2) is 12.4 Å². The predicted octanol–water partition coefficient (Wildman–Crippen LogP) is 2.63. The van der Waals surface area contributed by atoms with Gasteiger partial charge in [-0.2, -0.15) is 5.10 Å². The Bertz CT molecular complexity index is 614. The van der Waals surface area contributed by atoms with Gasteiger partial charge in [0.15, 0.2) is 0 Å². The first kappa shape index (κ1) is 14.0. The molecule has 4 fully saturated rings. The summed E-state index contributed by atoms with van der Waals surface area (Å²) in [5.41, 5.74) is 0.173. The fourth-order valence-corrected chi connectivity index (χ4v) is 4.13. The van der Waals surface area contributed by atoms with Crippen molar-refractivity contribution in [2.45, 2.75) is 56.0 Å². The van der Waals surface area contributed by atoms with Gasteiger partial charge in [-0.1, -0.05) is 0 Å². The summed E-state index contributed by atoms with van der Waals surface area (Å²) in [4.78, 5) is 11.1. The van der Waals surface area contributed by atoms with Crippen LogP contribution in [0.3, 0.4) is 0 Å². The van der Waals surface area contributed by atoms with Crippen LogP contribution in [0.5, 0.6) is 0 Å². The van der Waals surface area contributed by atoms with Gasteiger partial charge >= 0.3 is 12.3 Å². The second-order valence-corrected chi connectivity index (χ2v) is 6.91. The normalized spacial score (nSPS) is 39.6. The monoisotopic (exact) mass is 316 g/mol. The molecule has 1 heterocycles. The molecule has 0 unspecified atom stereocenters. The molecule has 1 N–H and O–H groups in total. The summed E-state index contributed by atoms with van der Waals surface area (Å²) < 4.78 is 42.1. The van der Waals surface area contributed by atoms with Crippen molar-refractivity contribution in [3.63, 3.8) is 0 Å². The zero-order valence-corrected chi connectivity index (χ0v) is 11.6. The van der Waals surface area contributed by atoms with Crippen LogP contribution >= 0.6 is 0 Å². The van der Waals surface area contributed by atoms with Crippen LogP contribution < -0.4 is 0 Å². The van der Waals surface area contributed by atoms with E-state index in [-0.39, 0.29) is 11.5 Å². The number of halogens is 3. The lowest BCUT2D eigenvalue weighted by Crippen LogP contribution is -2.70. The highest BCUT2D eigenvalue weighted by Crippen LogP contribution is 2.71. The van der Waals surface area contributed by atoms with Gasteiger partial charge in [-0.3, -0.25) is 14.2 Å². The Morgan fingerprint density at radius 3 is 2.55 bits per heavy atom. The van der Waals surface area contributed by atoms with Crippen molar-refractivity contribution >= 4 is 5.97 Å². The SMILES string of the molecule is O=C(O)C12CC(n3cc(C4CC(OC(F)(F)F)C4)cn3)(C1)C2. The second kappa shape index (κ2) is 4.04. The van der Waals surface area contributed by atoms with Crippen LogP contribution in [0.4, 0.5) is 13.2 Å². The summed E-state index contributed by atoms with van der Waals surface area (Å²) in [5, 5.41) is 13.4. The second-order valence-electron chi connectivity index (χ2n) is 6.91. The molecule has 4 aliphatic rings. The van der Waals surface area contributed by atoms with Crippen LogP contribution in [0.2, 0.25) is 0 Å². The largest absolute Gasteiger partial charge is 0.522 e. The van der Waals surface area contributed by atoms with Crippen molar-refractivity contribution in [1.82, 2.24) is 9.78 Å². The minimum Gasteiger partial charge on any atom is -0.481 e. The molecule has 0 spiro atoms. The zero-order chi connectivity index (χ0) is 15.8. The molecule has 8 heteroatoms. The number of hydrogen-bond acceptors (Lipinski definition) is 3. The fraction of sp³-hybridized carbons (Fsp3) is 0.714. The van der Waals surface area contributed by atoms with E-state index in [2.05, 4.69) is 9.84 Å². The molecule has 0 aliphatic heterocycles. The first-order valence-corrected chi connectivity index (χ1v) is 7.24. The predicted molar refractivity (Wildman–Crippen MR) is 67.0 cm³/mol. The van der Waals surface area contributed by atoms with Gasteiger partial charge in [0.05, 0.1) is 23.3 Å². The summed E-state index contributed by atoms with van der Waals surface area (Å²) in [6.45, 7) is 0. The number of hydrogen-bond donors (Lipinski definition) is 1. The van der Waals surface area contributed by atoms with Gasteiger partial charge < -0.3 is 5.11 Å². The van der Waals surface area contributed by atoms with E-state index in [0.29, 0.717) is 32.1 Å². The van der Waals surface area contributed by atoms with Crippen LogP contribution in [-0.2, 0) is 15.1 Å². The lowest BCUT2D eigenvalue weighted by Gasteiger charge is -2.67. The Balaban J connectivity index is 1.36. The summed E-state index contributed by atoms with van der Waals surface area (Å²) in [5.74, 6) is -0.699. The van der Waals surface area contributed by atoms with Gasteiger partial charge in [0, 0.05) is 6.20 Å². The molecular weight excluding hydrogens is 301 g/mol. The quantitative estimate of drug-likeness (QED) is 0.927. The molecule has 4 aliphatic carbocycles. The number of carboxylic acids is 1.